The van der Waals surface area contributed by atoms with Crippen molar-refractivity contribution in [1.29, 1.82) is 0 Å². The minimum Gasteiger partial charge on any atom is -0.244 e. The van der Waals surface area contributed by atoms with Crippen LogP contribution in [0, 0.1) is 12.8 Å². The lowest BCUT2D eigenvalue weighted by molar-refractivity contribution is 0.508. The van der Waals surface area contributed by atoms with E-state index in [2.05, 4.69) is 26.6 Å². The Morgan fingerprint density at radius 1 is 1.30 bits per heavy atom. The highest BCUT2D eigenvalue weighted by atomic mass is 32.2. The Kier molecular flexibility index (Phi) is 2.79. The van der Waals surface area contributed by atoms with Crippen LogP contribution >= 0.6 is 23.1 Å². The molecular formula is C15H16N6S2. The van der Waals surface area contributed by atoms with Crippen LogP contribution in [0.25, 0.3) is 21.6 Å². The van der Waals surface area contributed by atoms with E-state index in [0.717, 1.165) is 41.2 Å². The summed E-state index contributed by atoms with van der Waals surface area (Å²) in [5, 5.41) is 15.4. The molecule has 23 heavy (non-hydrogen) atoms. The lowest BCUT2D eigenvalue weighted by Gasteiger charge is -2.17. The van der Waals surface area contributed by atoms with Gasteiger partial charge in [-0.2, -0.15) is 4.52 Å². The van der Waals surface area contributed by atoms with Gasteiger partial charge in [-0.3, -0.25) is 0 Å². The zero-order chi connectivity index (χ0) is 15.7. The topological polar surface area (TPSA) is 60.4 Å². The molecule has 118 valence electrons. The molecule has 0 aromatic carbocycles. The maximum absolute atomic E-state index is 4.70. The molecule has 1 aliphatic carbocycles. The Morgan fingerprint density at radius 2 is 2.17 bits per heavy atom. The standard InChI is InChI=1S/C15H16N6S2/c1-7-4-5-10-9(6-7)11-12-16-8(2)19-21(12)14-17-18-15(22-3)20(14)13(11)23-10/h7H,4-6H2,1-3H3/t7-/m1/s1. The van der Waals surface area contributed by atoms with Crippen LogP contribution in [-0.4, -0.2) is 35.5 Å². The fourth-order valence-electron chi connectivity index (χ4n) is 3.56. The van der Waals surface area contributed by atoms with Gasteiger partial charge in [0.2, 0.25) is 0 Å². The van der Waals surface area contributed by atoms with Gasteiger partial charge in [-0.05, 0) is 43.9 Å². The van der Waals surface area contributed by atoms with Crippen LogP contribution in [0.2, 0.25) is 0 Å². The summed E-state index contributed by atoms with van der Waals surface area (Å²) in [7, 11) is 0. The smallest absolute Gasteiger partial charge is 0.244 e. The Bertz CT molecular complexity index is 1070. The van der Waals surface area contributed by atoms with Crippen LogP contribution in [0.15, 0.2) is 5.16 Å². The fourth-order valence-corrected chi connectivity index (χ4v) is 5.43. The van der Waals surface area contributed by atoms with Crippen molar-refractivity contribution in [2.45, 2.75) is 38.3 Å². The van der Waals surface area contributed by atoms with Gasteiger partial charge in [-0.1, -0.05) is 18.7 Å². The van der Waals surface area contributed by atoms with E-state index in [1.807, 2.05) is 29.0 Å². The minimum absolute atomic E-state index is 0.723. The normalized spacial score (nSPS) is 18.3. The van der Waals surface area contributed by atoms with Gasteiger partial charge < -0.3 is 0 Å². The first-order valence-electron chi connectivity index (χ1n) is 7.76. The van der Waals surface area contributed by atoms with Crippen molar-refractivity contribution < 1.29 is 0 Å². The Balaban J connectivity index is 2.05. The number of aryl methyl sites for hydroxylation is 2. The molecular weight excluding hydrogens is 328 g/mol. The summed E-state index contributed by atoms with van der Waals surface area (Å²) in [6, 6.07) is 0. The summed E-state index contributed by atoms with van der Waals surface area (Å²) in [5.41, 5.74) is 2.39. The van der Waals surface area contributed by atoms with E-state index in [0.29, 0.717) is 0 Å². The molecule has 0 radical (unpaired) electrons. The van der Waals surface area contributed by atoms with Crippen molar-refractivity contribution in [3.63, 3.8) is 0 Å². The number of nitrogens with zero attached hydrogens (tertiary/aromatic N) is 6. The highest BCUT2D eigenvalue weighted by Gasteiger charge is 2.26. The quantitative estimate of drug-likeness (QED) is 0.497. The van der Waals surface area contributed by atoms with Gasteiger partial charge in [0.05, 0.1) is 5.39 Å². The van der Waals surface area contributed by atoms with Gasteiger partial charge >= 0.3 is 0 Å². The molecule has 4 aromatic rings. The maximum atomic E-state index is 4.70. The average Bonchev–Trinajstić information content (AvgIpc) is 3.19. The van der Waals surface area contributed by atoms with Crippen LogP contribution < -0.4 is 0 Å². The van der Waals surface area contributed by atoms with E-state index in [1.165, 1.54) is 27.1 Å². The van der Waals surface area contributed by atoms with Gasteiger partial charge in [-0.15, -0.1) is 26.6 Å². The molecule has 5 rings (SSSR count). The largest absolute Gasteiger partial charge is 0.260 e. The molecule has 0 saturated carbocycles. The van der Waals surface area contributed by atoms with E-state index in [-0.39, 0.29) is 0 Å². The van der Waals surface area contributed by atoms with Crippen LogP contribution in [0.1, 0.15) is 29.6 Å². The van der Waals surface area contributed by atoms with E-state index in [9.17, 15) is 0 Å². The molecule has 8 heteroatoms. The van der Waals surface area contributed by atoms with E-state index < -0.39 is 0 Å². The molecule has 0 amide bonds. The van der Waals surface area contributed by atoms with Crippen LogP contribution in [-0.2, 0) is 12.8 Å². The van der Waals surface area contributed by atoms with E-state index in [1.54, 1.807) is 11.8 Å². The van der Waals surface area contributed by atoms with Crippen molar-refractivity contribution in [3.8, 4) is 0 Å². The van der Waals surface area contributed by atoms with Gasteiger partial charge in [0, 0.05) is 4.88 Å². The third-order valence-electron chi connectivity index (χ3n) is 4.62. The van der Waals surface area contributed by atoms with Crippen LogP contribution in [0.5, 0.6) is 0 Å². The lowest BCUT2D eigenvalue weighted by atomic mass is 9.89. The molecule has 0 bridgehead atoms. The summed E-state index contributed by atoms with van der Waals surface area (Å²) in [5.74, 6) is 2.25. The number of fused-ring (bicyclic) bond motifs is 8. The van der Waals surface area contributed by atoms with Gasteiger partial charge in [0.1, 0.15) is 10.7 Å². The van der Waals surface area contributed by atoms with E-state index in [4.69, 9.17) is 4.98 Å². The lowest BCUT2D eigenvalue weighted by Crippen LogP contribution is -2.09. The zero-order valence-corrected chi connectivity index (χ0v) is 14.8. The monoisotopic (exact) mass is 344 g/mol. The van der Waals surface area contributed by atoms with Crippen molar-refractivity contribution in [2.75, 3.05) is 6.26 Å². The third kappa shape index (κ3) is 1.76. The van der Waals surface area contributed by atoms with Crippen molar-refractivity contribution in [3.05, 3.63) is 16.3 Å². The van der Waals surface area contributed by atoms with Crippen LogP contribution in [0.4, 0.5) is 0 Å². The minimum atomic E-state index is 0.723. The summed E-state index contributed by atoms with van der Waals surface area (Å²) >= 11 is 3.49. The van der Waals surface area contributed by atoms with Gasteiger partial charge in [0.25, 0.3) is 5.78 Å². The number of thioether (sulfide) groups is 1. The van der Waals surface area contributed by atoms with Crippen molar-refractivity contribution in [1.82, 2.24) is 29.2 Å². The number of aromatic nitrogens is 6. The fraction of sp³-hybridized carbons (Fsp3) is 0.467. The SMILES string of the molecule is CSc1nnc2n3nc(C)nc3c3c4c(sc3n12)CC[C@@H](C)C4. The summed E-state index contributed by atoms with van der Waals surface area (Å²) in [6.07, 6.45) is 5.59. The third-order valence-corrected chi connectivity index (χ3v) is 6.52. The Hall–Kier alpha value is -1.67. The second-order valence-electron chi connectivity index (χ2n) is 6.25. The molecule has 0 unspecified atom stereocenters. The number of hydrogen-bond donors (Lipinski definition) is 0. The highest BCUT2D eigenvalue weighted by molar-refractivity contribution is 7.98. The highest BCUT2D eigenvalue weighted by Crippen LogP contribution is 2.40. The predicted octanol–water partition coefficient (Wildman–Crippen LogP) is 3.14. The maximum Gasteiger partial charge on any atom is 0.260 e. The van der Waals surface area contributed by atoms with Crippen LogP contribution in [0.3, 0.4) is 0 Å². The molecule has 0 spiro atoms. The zero-order valence-electron chi connectivity index (χ0n) is 13.2. The molecule has 0 fully saturated rings. The summed E-state index contributed by atoms with van der Waals surface area (Å²) in [4.78, 5) is 7.41. The summed E-state index contributed by atoms with van der Waals surface area (Å²) in [6.45, 7) is 4.27. The second-order valence-corrected chi connectivity index (χ2v) is 8.11. The molecule has 0 saturated heterocycles. The van der Waals surface area contributed by atoms with Gasteiger partial charge in [0.15, 0.2) is 10.8 Å². The van der Waals surface area contributed by atoms with Crippen molar-refractivity contribution >= 4 is 44.7 Å². The molecule has 4 aromatic heterocycles. The molecule has 6 nitrogen and oxygen atoms in total. The molecule has 1 aliphatic rings. The number of rotatable bonds is 1. The van der Waals surface area contributed by atoms with Crippen molar-refractivity contribution in [2.24, 2.45) is 5.92 Å². The van der Waals surface area contributed by atoms with Gasteiger partial charge in [-0.25, -0.2) is 9.38 Å². The Morgan fingerprint density at radius 3 is 3.00 bits per heavy atom. The second kappa shape index (κ2) is 4.67. The van der Waals surface area contributed by atoms with E-state index >= 15 is 0 Å². The number of thiophene rings is 1. The number of hydrogen-bond acceptors (Lipinski definition) is 6. The summed E-state index contributed by atoms with van der Waals surface area (Å²) < 4.78 is 4.01. The molecule has 4 heterocycles. The molecule has 1 atom stereocenters. The first kappa shape index (κ1) is 13.7. The predicted molar refractivity (Wildman–Crippen MR) is 92.6 cm³/mol. The Labute approximate surface area is 140 Å². The first-order valence-corrected chi connectivity index (χ1v) is 9.80. The average molecular weight is 344 g/mol. The molecule has 0 N–H and O–H groups in total. The first-order chi connectivity index (χ1) is 11.2. The molecule has 0 aliphatic heterocycles.